The van der Waals surface area contributed by atoms with Crippen LogP contribution in [-0.2, 0) is 6.54 Å². The van der Waals surface area contributed by atoms with Gasteiger partial charge in [0.1, 0.15) is 0 Å². The molecule has 4 aromatic rings. The van der Waals surface area contributed by atoms with Gasteiger partial charge >= 0.3 is 0 Å². The standard InChI is InChI=1S/C20H12Cl3N3OS/c21-13-4-5-17-18(10-13)28-20(25-17)26(11-16-3-1-2-6-24-16)19(27)12-7-14(22)9-15(23)8-12/h1-10H,11H2. The number of carbonyl (C=O) groups excluding carboxylic acids is 1. The van der Waals surface area contributed by atoms with Crippen LogP contribution in [-0.4, -0.2) is 15.9 Å². The lowest BCUT2D eigenvalue weighted by atomic mass is 10.2. The molecule has 0 spiro atoms. The van der Waals surface area contributed by atoms with Crippen LogP contribution < -0.4 is 4.90 Å². The summed E-state index contributed by atoms with van der Waals surface area (Å²) in [6, 6.07) is 15.8. The zero-order valence-electron chi connectivity index (χ0n) is 14.3. The van der Waals surface area contributed by atoms with E-state index in [0.717, 1.165) is 15.9 Å². The van der Waals surface area contributed by atoms with E-state index < -0.39 is 0 Å². The lowest BCUT2D eigenvalue weighted by Gasteiger charge is -2.20. The van der Waals surface area contributed by atoms with Gasteiger partial charge in [0.25, 0.3) is 5.91 Å². The predicted molar refractivity (Wildman–Crippen MR) is 116 cm³/mol. The van der Waals surface area contributed by atoms with Crippen molar-refractivity contribution in [1.82, 2.24) is 9.97 Å². The van der Waals surface area contributed by atoms with Gasteiger partial charge in [-0.25, -0.2) is 4.98 Å². The van der Waals surface area contributed by atoms with E-state index in [2.05, 4.69) is 9.97 Å². The van der Waals surface area contributed by atoms with Crippen LogP contribution in [0.25, 0.3) is 10.2 Å². The molecule has 0 unspecified atom stereocenters. The molecule has 2 heterocycles. The number of thiazole rings is 1. The summed E-state index contributed by atoms with van der Waals surface area (Å²) < 4.78 is 0.894. The number of benzene rings is 2. The van der Waals surface area contributed by atoms with Crippen LogP contribution in [0.3, 0.4) is 0 Å². The molecule has 0 radical (unpaired) electrons. The number of aromatic nitrogens is 2. The van der Waals surface area contributed by atoms with Crippen molar-refractivity contribution in [3.8, 4) is 0 Å². The average molecular weight is 449 g/mol. The maximum Gasteiger partial charge on any atom is 0.260 e. The second-order valence-corrected chi connectivity index (χ2v) is 8.30. The molecule has 28 heavy (non-hydrogen) atoms. The van der Waals surface area contributed by atoms with Crippen molar-refractivity contribution in [2.45, 2.75) is 6.54 Å². The molecular weight excluding hydrogens is 437 g/mol. The Morgan fingerprint density at radius 3 is 2.46 bits per heavy atom. The smallest absolute Gasteiger partial charge is 0.260 e. The van der Waals surface area contributed by atoms with E-state index in [9.17, 15) is 4.79 Å². The predicted octanol–water partition coefficient (Wildman–Crippen LogP) is 6.50. The molecule has 8 heteroatoms. The Balaban J connectivity index is 1.79. The molecule has 2 aromatic carbocycles. The third-order valence-electron chi connectivity index (χ3n) is 3.97. The number of rotatable bonds is 4. The van der Waals surface area contributed by atoms with Gasteiger partial charge in [-0.3, -0.25) is 14.7 Å². The zero-order chi connectivity index (χ0) is 19.7. The Morgan fingerprint density at radius 2 is 1.75 bits per heavy atom. The SMILES string of the molecule is O=C(c1cc(Cl)cc(Cl)c1)N(Cc1ccccn1)c1nc2ccc(Cl)cc2s1. The second kappa shape index (κ2) is 8.05. The summed E-state index contributed by atoms with van der Waals surface area (Å²) in [5, 5.41) is 1.95. The first kappa shape index (κ1) is 19.2. The third kappa shape index (κ3) is 4.13. The van der Waals surface area contributed by atoms with Crippen molar-refractivity contribution < 1.29 is 4.79 Å². The third-order valence-corrected chi connectivity index (χ3v) is 5.68. The van der Waals surface area contributed by atoms with Crippen LogP contribution in [0, 0.1) is 0 Å². The fourth-order valence-electron chi connectivity index (χ4n) is 2.71. The van der Waals surface area contributed by atoms with Gasteiger partial charge in [0.15, 0.2) is 5.13 Å². The van der Waals surface area contributed by atoms with E-state index in [4.69, 9.17) is 34.8 Å². The van der Waals surface area contributed by atoms with Gasteiger partial charge in [0.05, 0.1) is 22.5 Å². The van der Waals surface area contributed by atoms with E-state index in [-0.39, 0.29) is 12.5 Å². The monoisotopic (exact) mass is 447 g/mol. The number of hydrogen-bond donors (Lipinski definition) is 0. The summed E-state index contributed by atoms with van der Waals surface area (Å²) in [4.78, 5) is 23.8. The van der Waals surface area contributed by atoms with E-state index >= 15 is 0 Å². The van der Waals surface area contributed by atoms with Crippen LogP contribution in [0.1, 0.15) is 16.1 Å². The second-order valence-electron chi connectivity index (χ2n) is 5.98. The van der Waals surface area contributed by atoms with Crippen molar-refractivity contribution >= 4 is 67.4 Å². The lowest BCUT2D eigenvalue weighted by molar-refractivity contribution is 0.0985. The molecule has 0 aliphatic heterocycles. The summed E-state index contributed by atoms with van der Waals surface area (Å²) in [7, 11) is 0. The number of anilines is 1. The van der Waals surface area contributed by atoms with Gasteiger partial charge < -0.3 is 0 Å². The molecular formula is C20H12Cl3N3OS. The first-order valence-electron chi connectivity index (χ1n) is 8.23. The van der Waals surface area contributed by atoms with Crippen molar-refractivity contribution in [3.63, 3.8) is 0 Å². The number of pyridine rings is 1. The molecule has 0 aliphatic carbocycles. The molecule has 4 nitrogen and oxygen atoms in total. The van der Waals surface area contributed by atoms with E-state index in [1.165, 1.54) is 11.3 Å². The zero-order valence-corrected chi connectivity index (χ0v) is 17.4. The van der Waals surface area contributed by atoms with Crippen molar-refractivity contribution in [1.29, 1.82) is 0 Å². The largest absolute Gasteiger partial charge is 0.278 e. The van der Waals surface area contributed by atoms with E-state index in [0.29, 0.717) is 25.8 Å². The van der Waals surface area contributed by atoms with Gasteiger partial charge in [-0.15, -0.1) is 0 Å². The summed E-state index contributed by atoms with van der Waals surface area (Å²) >= 11 is 19.7. The van der Waals surface area contributed by atoms with E-state index in [1.807, 2.05) is 30.3 Å². The van der Waals surface area contributed by atoms with Gasteiger partial charge in [0.2, 0.25) is 0 Å². The number of nitrogens with zero attached hydrogens (tertiary/aromatic N) is 3. The molecule has 0 aliphatic rings. The molecule has 0 fully saturated rings. The highest BCUT2D eigenvalue weighted by molar-refractivity contribution is 7.22. The van der Waals surface area contributed by atoms with Gasteiger partial charge in [-0.05, 0) is 48.5 Å². The molecule has 1 amide bonds. The normalized spacial score (nSPS) is 11.0. The topological polar surface area (TPSA) is 46.1 Å². The summed E-state index contributed by atoms with van der Waals surface area (Å²) in [6.45, 7) is 0.261. The molecule has 140 valence electrons. The Morgan fingerprint density at radius 1 is 0.964 bits per heavy atom. The highest BCUT2D eigenvalue weighted by atomic mass is 35.5. The Bertz CT molecular complexity index is 1140. The number of fused-ring (bicyclic) bond motifs is 1. The summed E-state index contributed by atoms with van der Waals surface area (Å²) in [6.07, 6.45) is 1.69. The van der Waals surface area contributed by atoms with Crippen LogP contribution >= 0.6 is 46.1 Å². The number of hydrogen-bond acceptors (Lipinski definition) is 4. The summed E-state index contributed by atoms with van der Waals surface area (Å²) in [5.74, 6) is -0.264. The van der Waals surface area contributed by atoms with Crippen LogP contribution in [0.4, 0.5) is 5.13 Å². The maximum absolute atomic E-state index is 13.3. The first-order valence-corrected chi connectivity index (χ1v) is 10.2. The summed E-state index contributed by atoms with van der Waals surface area (Å²) in [5.41, 5.74) is 1.89. The fourth-order valence-corrected chi connectivity index (χ4v) is 4.48. The molecule has 4 rings (SSSR count). The van der Waals surface area contributed by atoms with Gasteiger partial charge in [-0.2, -0.15) is 0 Å². The van der Waals surface area contributed by atoms with Crippen molar-refractivity contribution in [3.05, 3.63) is 87.1 Å². The maximum atomic E-state index is 13.3. The van der Waals surface area contributed by atoms with Crippen LogP contribution in [0.5, 0.6) is 0 Å². The molecule has 0 atom stereocenters. The first-order chi connectivity index (χ1) is 13.5. The highest BCUT2D eigenvalue weighted by Gasteiger charge is 2.23. The number of halogens is 3. The lowest BCUT2D eigenvalue weighted by Crippen LogP contribution is -2.30. The van der Waals surface area contributed by atoms with Crippen LogP contribution in [0.15, 0.2) is 60.8 Å². The Labute approximate surface area is 180 Å². The minimum atomic E-state index is -0.264. The quantitative estimate of drug-likeness (QED) is 0.358. The Kier molecular flexibility index (Phi) is 5.51. The molecule has 0 bridgehead atoms. The minimum Gasteiger partial charge on any atom is -0.278 e. The van der Waals surface area contributed by atoms with Gasteiger partial charge in [-0.1, -0.05) is 52.2 Å². The Hall–Kier alpha value is -2.18. The molecule has 0 N–H and O–H groups in total. The number of carbonyl (C=O) groups is 1. The fraction of sp³-hybridized carbons (Fsp3) is 0.0500. The van der Waals surface area contributed by atoms with Crippen molar-refractivity contribution in [2.24, 2.45) is 0 Å². The minimum absolute atomic E-state index is 0.261. The van der Waals surface area contributed by atoms with Crippen LogP contribution in [0.2, 0.25) is 15.1 Å². The molecule has 2 aromatic heterocycles. The molecule has 0 saturated heterocycles. The average Bonchev–Trinajstić information content (AvgIpc) is 3.08. The van der Waals surface area contributed by atoms with Gasteiger partial charge in [0, 0.05) is 26.8 Å². The molecule has 0 saturated carbocycles. The number of amides is 1. The highest BCUT2D eigenvalue weighted by Crippen LogP contribution is 2.33. The van der Waals surface area contributed by atoms with E-state index in [1.54, 1.807) is 35.4 Å². The van der Waals surface area contributed by atoms with Crippen molar-refractivity contribution in [2.75, 3.05) is 4.90 Å².